The highest BCUT2D eigenvalue weighted by atomic mass is 15.2. The predicted molar refractivity (Wildman–Crippen MR) is 102 cm³/mol. The number of hydrogen-bond donors (Lipinski definition) is 2. The lowest BCUT2D eigenvalue weighted by Gasteiger charge is -2.18. The van der Waals surface area contributed by atoms with Crippen molar-refractivity contribution in [3.8, 4) is 0 Å². The van der Waals surface area contributed by atoms with Gasteiger partial charge in [-0.3, -0.25) is 4.99 Å². The molecule has 1 unspecified atom stereocenters. The Morgan fingerprint density at radius 1 is 1.04 bits per heavy atom. The maximum Gasteiger partial charge on any atom is 0.191 e. The van der Waals surface area contributed by atoms with Gasteiger partial charge in [-0.1, -0.05) is 54.6 Å². The van der Waals surface area contributed by atoms with Gasteiger partial charge < -0.3 is 15.5 Å². The van der Waals surface area contributed by atoms with Gasteiger partial charge in [-0.15, -0.1) is 0 Å². The molecule has 0 bridgehead atoms. The van der Waals surface area contributed by atoms with Crippen molar-refractivity contribution in [3.63, 3.8) is 0 Å². The lowest BCUT2D eigenvalue weighted by molar-refractivity contribution is 0.402. The first-order valence-electron chi connectivity index (χ1n) is 8.33. The number of rotatable bonds is 6. The quantitative estimate of drug-likeness (QED) is 0.633. The molecule has 4 heteroatoms. The molecule has 0 aliphatic rings. The van der Waals surface area contributed by atoms with E-state index in [0.29, 0.717) is 0 Å². The largest absolute Gasteiger partial charge is 0.352 e. The van der Waals surface area contributed by atoms with Crippen molar-refractivity contribution < 1.29 is 0 Å². The minimum absolute atomic E-state index is 0.206. The molecular formula is C20H28N4. The zero-order valence-electron chi connectivity index (χ0n) is 15.1. The summed E-state index contributed by atoms with van der Waals surface area (Å²) < 4.78 is 0. The fraction of sp³-hybridized carbons (Fsp3) is 0.350. The summed E-state index contributed by atoms with van der Waals surface area (Å²) in [6.07, 6.45) is 0. The molecule has 2 aromatic carbocycles. The second kappa shape index (κ2) is 9.08. The Morgan fingerprint density at radius 3 is 2.42 bits per heavy atom. The first kappa shape index (κ1) is 18.0. The molecule has 2 N–H and O–H groups in total. The maximum atomic E-state index is 4.33. The van der Waals surface area contributed by atoms with Gasteiger partial charge in [0, 0.05) is 20.1 Å². The van der Waals surface area contributed by atoms with Crippen molar-refractivity contribution in [1.82, 2.24) is 15.5 Å². The van der Waals surface area contributed by atoms with Crippen molar-refractivity contribution in [2.24, 2.45) is 4.99 Å². The van der Waals surface area contributed by atoms with Crippen molar-refractivity contribution >= 4 is 5.96 Å². The van der Waals surface area contributed by atoms with Gasteiger partial charge in [-0.05, 0) is 37.7 Å². The molecule has 0 spiro atoms. The zero-order chi connectivity index (χ0) is 17.4. The first-order valence-corrected chi connectivity index (χ1v) is 8.33. The second-order valence-electron chi connectivity index (χ2n) is 6.26. The van der Waals surface area contributed by atoms with Crippen LogP contribution in [0, 0.1) is 0 Å². The summed E-state index contributed by atoms with van der Waals surface area (Å²) >= 11 is 0. The number of hydrogen-bond acceptors (Lipinski definition) is 2. The van der Waals surface area contributed by atoms with Crippen LogP contribution in [0.1, 0.15) is 29.7 Å². The molecule has 0 saturated heterocycles. The summed E-state index contributed by atoms with van der Waals surface area (Å²) in [7, 11) is 5.97. The van der Waals surface area contributed by atoms with E-state index in [-0.39, 0.29) is 6.04 Å². The number of benzene rings is 2. The third kappa shape index (κ3) is 5.70. The van der Waals surface area contributed by atoms with Crippen molar-refractivity contribution in [3.05, 3.63) is 71.3 Å². The Balaban J connectivity index is 1.92. The molecule has 0 aromatic heterocycles. The van der Waals surface area contributed by atoms with Crippen LogP contribution in [0.5, 0.6) is 0 Å². The van der Waals surface area contributed by atoms with Crippen LogP contribution in [0.4, 0.5) is 0 Å². The van der Waals surface area contributed by atoms with Gasteiger partial charge >= 0.3 is 0 Å². The molecule has 4 nitrogen and oxygen atoms in total. The molecule has 0 radical (unpaired) electrons. The average Bonchev–Trinajstić information content (AvgIpc) is 2.59. The Bertz CT molecular complexity index is 650. The highest BCUT2D eigenvalue weighted by molar-refractivity contribution is 5.80. The molecule has 128 valence electrons. The van der Waals surface area contributed by atoms with Crippen molar-refractivity contribution in [2.75, 3.05) is 21.1 Å². The number of aliphatic imine (C=N–C) groups is 1. The number of guanidine groups is 1. The normalized spacial score (nSPS) is 13.0. The summed E-state index contributed by atoms with van der Waals surface area (Å²) in [5.74, 6) is 0.810. The van der Waals surface area contributed by atoms with E-state index in [2.05, 4.69) is 90.1 Å². The highest BCUT2D eigenvalue weighted by Crippen LogP contribution is 2.11. The molecule has 0 heterocycles. The van der Waals surface area contributed by atoms with Gasteiger partial charge in [0.25, 0.3) is 0 Å². The summed E-state index contributed by atoms with van der Waals surface area (Å²) in [5.41, 5.74) is 3.82. The molecule has 0 aliphatic heterocycles. The van der Waals surface area contributed by atoms with E-state index < -0.39 is 0 Å². The Hall–Kier alpha value is -2.33. The molecule has 2 rings (SSSR count). The smallest absolute Gasteiger partial charge is 0.191 e. The Morgan fingerprint density at radius 2 is 1.75 bits per heavy atom. The van der Waals surface area contributed by atoms with Gasteiger partial charge in [0.05, 0.1) is 6.04 Å². The van der Waals surface area contributed by atoms with Gasteiger partial charge in [0.1, 0.15) is 0 Å². The van der Waals surface area contributed by atoms with Crippen LogP contribution in [0.3, 0.4) is 0 Å². The van der Waals surface area contributed by atoms with E-state index in [0.717, 1.165) is 19.0 Å². The Kier molecular flexibility index (Phi) is 6.82. The lowest BCUT2D eigenvalue weighted by Crippen LogP contribution is -2.38. The fourth-order valence-electron chi connectivity index (χ4n) is 2.61. The first-order chi connectivity index (χ1) is 11.6. The van der Waals surface area contributed by atoms with Crippen LogP contribution in [0.2, 0.25) is 0 Å². The van der Waals surface area contributed by atoms with Crippen LogP contribution < -0.4 is 10.6 Å². The summed E-state index contributed by atoms with van der Waals surface area (Å²) in [6.45, 7) is 3.84. The minimum atomic E-state index is 0.206. The average molecular weight is 324 g/mol. The second-order valence-corrected chi connectivity index (χ2v) is 6.26. The van der Waals surface area contributed by atoms with Crippen LogP contribution in [0.25, 0.3) is 0 Å². The van der Waals surface area contributed by atoms with Crippen LogP contribution in [-0.4, -0.2) is 32.0 Å². The SMILES string of the molecule is CN=C(NCc1cccc(CN(C)C)c1)NC(C)c1ccccc1. The van der Waals surface area contributed by atoms with Gasteiger partial charge in [0.15, 0.2) is 5.96 Å². The van der Waals surface area contributed by atoms with E-state index in [4.69, 9.17) is 0 Å². The third-order valence-corrected chi connectivity index (χ3v) is 3.83. The van der Waals surface area contributed by atoms with E-state index in [1.165, 1.54) is 16.7 Å². The van der Waals surface area contributed by atoms with Gasteiger partial charge in [-0.2, -0.15) is 0 Å². The molecule has 0 aliphatic carbocycles. The molecule has 1 atom stereocenters. The lowest BCUT2D eigenvalue weighted by atomic mass is 10.1. The summed E-state index contributed by atoms with van der Waals surface area (Å²) in [5, 5.41) is 6.82. The van der Waals surface area contributed by atoms with Crippen LogP contribution in [-0.2, 0) is 13.1 Å². The van der Waals surface area contributed by atoms with E-state index >= 15 is 0 Å². The fourth-order valence-corrected chi connectivity index (χ4v) is 2.61. The highest BCUT2D eigenvalue weighted by Gasteiger charge is 2.07. The zero-order valence-corrected chi connectivity index (χ0v) is 15.1. The summed E-state index contributed by atoms with van der Waals surface area (Å²) in [6, 6.07) is 19.2. The molecular weight excluding hydrogens is 296 g/mol. The van der Waals surface area contributed by atoms with Gasteiger partial charge in [0.2, 0.25) is 0 Å². The molecule has 0 saturated carbocycles. The van der Waals surface area contributed by atoms with E-state index in [9.17, 15) is 0 Å². The maximum absolute atomic E-state index is 4.33. The molecule has 0 fully saturated rings. The standard InChI is InChI=1S/C20H28N4/c1-16(19-11-6-5-7-12-19)23-20(21-2)22-14-17-9-8-10-18(13-17)15-24(3)4/h5-13,16H,14-15H2,1-4H3,(H2,21,22,23). The van der Waals surface area contributed by atoms with Gasteiger partial charge in [-0.25, -0.2) is 0 Å². The monoisotopic (exact) mass is 324 g/mol. The Labute approximate surface area is 145 Å². The molecule has 2 aromatic rings. The third-order valence-electron chi connectivity index (χ3n) is 3.83. The van der Waals surface area contributed by atoms with Crippen molar-refractivity contribution in [2.45, 2.75) is 26.1 Å². The minimum Gasteiger partial charge on any atom is -0.352 e. The summed E-state index contributed by atoms with van der Waals surface area (Å²) in [4.78, 5) is 6.50. The molecule has 0 amide bonds. The van der Waals surface area contributed by atoms with E-state index in [1.807, 2.05) is 6.07 Å². The molecule has 24 heavy (non-hydrogen) atoms. The van der Waals surface area contributed by atoms with Crippen LogP contribution >= 0.6 is 0 Å². The predicted octanol–water partition coefficient (Wildman–Crippen LogP) is 3.17. The number of nitrogens with zero attached hydrogens (tertiary/aromatic N) is 2. The van der Waals surface area contributed by atoms with E-state index in [1.54, 1.807) is 7.05 Å². The topological polar surface area (TPSA) is 39.7 Å². The number of nitrogens with one attached hydrogen (secondary N) is 2. The van der Waals surface area contributed by atoms with Crippen LogP contribution in [0.15, 0.2) is 59.6 Å². The van der Waals surface area contributed by atoms with Crippen molar-refractivity contribution in [1.29, 1.82) is 0 Å².